The first-order chi connectivity index (χ1) is 18.5. The number of quaternary nitrogens is 2. The number of hydrogen-bond donors (Lipinski definition) is 0. The number of nitro benzene ring substituents is 3. The number of nitrogens with zero attached hydrogens (tertiary/aromatic N) is 5. The number of benzene rings is 1. The lowest BCUT2D eigenvalue weighted by molar-refractivity contribution is -0.912. The summed E-state index contributed by atoms with van der Waals surface area (Å²) < 4.78 is 2.73. The molecule has 0 saturated carbocycles. The van der Waals surface area contributed by atoms with Crippen LogP contribution in [0.15, 0.2) is 12.1 Å². The molecule has 0 bridgehead atoms. The summed E-state index contributed by atoms with van der Waals surface area (Å²) >= 11 is 0. The monoisotopic (exact) mass is 552 g/mol. The van der Waals surface area contributed by atoms with Gasteiger partial charge in [-0.1, -0.05) is 12.8 Å². The first-order valence-corrected chi connectivity index (χ1v) is 14.4. The average molecular weight is 553 g/mol. The molecule has 1 aromatic rings. The second-order valence-electron chi connectivity index (χ2n) is 11.8. The molecule has 1 aromatic carbocycles. The predicted octanol–water partition coefficient (Wildman–Crippen LogP) is 5.46. The maximum absolute atomic E-state index is 11.1. The lowest BCUT2D eigenvalue weighted by atomic mass is 10.0. The van der Waals surface area contributed by atoms with Gasteiger partial charge in [-0.15, -0.1) is 0 Å². The van der Waals surface area contributed by atoms with Crippen LogP contribution in [0.4, 0.5) is 17.1 Å². The van der Waals surface area contributed by atoms with Crippen molar-refractivity contribution in [3.63, 3.8) is 0 Å². The highest BCUT2D eigenvalue weighted by molar-refractivity contribution is 5.63. The summed E-state index contributed by atoms with van der Waals surface area (Å²) in [6.45, 7) is 8.62. The Morgan fingerprint density at radius 3 is 1.23 bits per heavy atom. The number of likely N-dealkylation sites (tertiary alicyclic amines) is 2. The van der Waals surface area contributed by atoms with Gasteiger partial charge in [0.25, 0.3) is 17.1 Å². The van der Waals surface area contributed by atoms with E-state index in [-0.39, 0.29) is 0 Å². The van der Waals surface area contributed by atoms with Gasteiger partial charge in [-0.3, -0.25) is 30.3 Å². The molecule has 0 spiro atoms. The fourth-order valence-electron chi connectivity index (χ4n) is 5.83. The van der Waals surface area contributed by atoms with Gasteiger partial charge in [-0.25, -0.2) is 0 Å². The Morgan fingerprint density at radius 2 is 0.923 bits per heavy atom. The van der Waals surface area contributed by atoms with Gasteiger partial charge < -0.3 is 14.1 Å². The first-order valence-electron chi connectivity index (χ1n) is 14.4. The van der Waals surface area contributed by atoms with Crippen LogP contribution in [0, 0.1) is 30.3 Å². The SMILES string of the molecule is C[N+]1(CCCCC[N+]2(C)CCCCCCC2)CCCCCCC1.O=[N+]([O-])c1cc([N+](=O)[O-])c([O-])c([N+](=O)[O-])c1. The van der Waals surface area contributed by atoms with Crippen LogP contribution in [-0.4, -0.2) is 77.1 Å². The molecule has 12 nitrogen and oxygen atoms in total. The number of unbranched alkanes of at least 4 members (excludes halogenated alkanes) is 2. The van der Waals surface area contributed by atoms with Crippen LogP contribution >= 0.6 is 0 Å². The molecule has 2 fully saturated rings. The molecule has 0 amide bonds. The molecule has 0 N–H and O–H groups in total. The molecule has 0 atom stereocenters. The fourth-order valence-corrected chi connectivity index (χ4v) is 5.83. The minimum atomic E-state index is -1.46. The van der Waals surface area contributed by atoms with E-state index in [0.29, 0.717) is 12.1 Å². The van der Waals surface area contributed by atoms with Crippen LogP contribution in [0.3, 0.4) is 0 Å². The van der Waals surface area contributed by atoms with Crippen LogP contribution in [-0.2, 0) is 0 Å². The van der Waals surface area contributed by atoms with E-state index in [0.717, 1.165) is 0 Å². The molecule has 0 radical (unpaired) electrons. The van der Waals surface area contributed by atoms with Gasteiger partial charge in [0.1, 0.15) is 0 Å². The van der Waals surface area contributed by atoms with E-state index in [2.05, 4.69) is 14.1 Å². The average Bonchev–Trinajstić information content (AvgIpc) is 2.84. The molecule has 12 heteroatoms. The third-order valence-electron chi connectivity index (χ3n) is 8.33. The summed E-state index contributed by atoms with van der Waals surface area (Å²) in [5, 5.41) is 42.1. The summed E-state index contributed by atoms with van der Waals surface area (Å²) in [5.74, 6) is -1.46. The lowest BCUT2D eigenvalue weighted by Gasteiger charge is -2.37. The Morgan fingerprint density at radius 1 is 0.590 bits per heavy atom. The number of non-ortho nitro benzene ring substituents is 1. The smallest absolute Gasteiger partial charge is 0.283 e. The van der Waals surface area contributed by atoms with Gasteiger partial charge in [0.2, 0.25) is 0 Å². The minimum Gasteiger partial charge on any atom is -0.863 e. The van der Waals surface area contributed by atoms with E-state index in [1.165, 1.54) is 132 Å². The summed E-state index contributed by atoms with van der Waals surface area (Å²) in [7, 11) is 5.05. The minimum absolute atomic E-state index is 0.384. The molecule has 39 heavy (non-hydrogen) atoms. The third-order valence-corrected chi connectivity index (χ3v) is 8.33. The molecule has 0 unspecified atom stereocenters. The number of nitro groups is 3. The van der Waals surface area contributed by atoms with Gasteiger partial charge in [-0.2, -0.15) is 0 Å². The van der Waals surface area contributed by atoms with Crippen molar-refractivity contribution in [2.24, 2.45) is 0 Å². The van der Waals surface area contributed by atoms with Gasteiger partial charge in [0.15, 0.2) is 0 Å². The van der Waals surface area contributed by atoms with E-state index in [4.69, 9.17) is 0 Å². The van der Waals surface area contributed by atoms with Crippen LogP contribution in [0.1, 0.15) is 83.5 Å². The van der Waals surface area contributed by atoms with Crippen molar-refractivity contribution < 1.29 is 28.8 Å². The first kappa shape index (κ1) is 32.4. The van der Waals surface area contributed by atoms with Crippen LogP contribution in [0.5, 0.6) is 5.75 Å². The summed E-state index contributed by atoms with van der Waals surface area (Å²) in [6, 6.07) is 0.769. The zero-order valence-electron chi connectivity index (χ0n) is 23.7. The Hall–Kier alpha value is -2.86. The van der Waals surface area contributed by atoms with Crippen LogP contribution in [0.25, 0.3) is 0 Å². The highest BCUT2D eigenvalue weighted by atomic mass is 16.6. The Balaban J connectivity index is 0.000000293. The molecule has 220 valence electrons. The highest BCUT2D eigenvalue weighted by Crippen LogP contribution is 2.36. The van der Waals surface area contributed by atoms with Crippen molar-refractivity contribution in [1.29, 1.82) is 0 Å². The second-order valence-corrected chi connectivity index (χ2v) is 11.8. The summed E-state index contributed by atoms with van der Waals surface area (Å²) in [5.41, 5.74) is -3.26. The van der Waals surface area contributed by atoms with Crippen molar-refractivity contribution in [2.45, 2.75) is 83.5 Å². The van der Waals surface area contributed by atoms with E-state index in [1.807, 2.05) is 0 Å². The maximum atomic E-state index is 11.1. The predicted molar refractivity (Wildman–Crippen MR) is 147 cm³/mol. The zero-order valence-corrected chi connectivity index (χ0v) is 23.7. The Labute approximate surface area is 231 Å². The normalized spacial score (nSPS) is 19.2. The molecule has 2 heterocycles. The Kier molecular flexibility index (Phi) is 13.0. The number of rotatable bonds is 9. The second kappa shape index (κ2) is 15.7. The van der Waals surface area contributed by atoms with E-state index in [1.54, 1.807) is 0 Å². The van der Waals surface area contributed by atoms with Gasteiger partial charge in [0, 0.05) is 0 Å². The summed E-state index contributed by atoms with van der Waals surface area (Å²) in [6.07, 6.45) is 19.1. The van der Waals surface area contributed by atoms with Crippen molar-refractivity contribution in [3.05, 3.63) is 42.5 Å². The Bertz CT molecular complexity index is 891. The van der Waals surface area contributed by atoms with E-state index in [9.17, 15) is 35.4 Å². The number of hydrogen-bond acceptors (Lipinski definition) is 7. The standard InChI is InChI=1S/C21H44N2.C6H3N3O7/c1-22(16-10-5-3-6-11-17-22)20-14-9-15-21-23(2)18-12-7-4-8-13-19-23;10-6-4(8(13)14)1-3(7(11)12)2-5(6)9(15)16/h3-21H2,1-2H3;1-2,10H/q+2;/p-1. The largest absolute Gasteiger partial charge is 0.863 e. The molecule has 0 aliphatic carbocycles. The van der Waals surface area contributed by atoms with Crippen molar-refractivity contribution in [3.8, 4) is 5.75 Å². The molecule has 0 aromatic heterocycles. The summed E-state index contributed by atoms with van der Waals surface area (Å²) in [4.78, 5) is 27.5. The molecule has 2 saturated heterocycles. The quantitative estimate of drug-likeness (QED) is 0.170. The van der Waals surface area contributed by atoms with Gasteiger partial charge in [-0.05, 0) is 70.6 Å². The van der Waals surface area contributed by atoms with Gasteiger partial charge in [0.05, 0.1) is 86.0 Å². The van der Waals surface area contributed by atoms with E-state index >= 15 is 0 Å². The van der Waals surface area contributed by atoms with Crippen molar-refractivity contribution in [2.75, 3.05) is 53.4 Å². The van der Waals surface area contributed by atoms with E-state index < -0.39 is 37.6 Å². The highest BCUT2D eigenvalue weighted by Gasteiger charge is 2.25. The van der Waals surface area contributed by atoms with Crippen LogP contribution in [0.2, 0.25) is 0 Å². The molecular weight excluding hydrogens is 506 g/mol. The third kappa shape index (κ3) is 11.0. The molecule has 2 aliphatic rings. The van der Waals surface area contributed by atoms with Crippen molar-refractivity contribution in [1.82, 2.24) is 0 Å². The molecule has 2 aliphatic heterocycles. The topological polar surface area (TPSA) is 152 Å². The fraction of sp³-hybridized carbons (Fsp3) is 0.778. The molecule has 3 rings (SSSR count). The van der Waals surface area contributed by atoms with Crippen molar-refractivity contribution >= 4 is 17.1 Å². The van der Waals surface area contributed by atoms with Crippen LogP contribution < -0.4 is 5.11 Å². The molecular formula is C27H46N5O7+. The lowest BCUT2D eigenvalue weighted by Crippen LogP contribution is -2.47. The maximum Gasteiger partial charge on any atom is 0.283 e. The zero-order chi connectivity index (χ0) is 28.9. The van der Waals surface area contributed by atoms with Gasteiger partial charge >= 0.3 is 0 Å².